The highest BCUT2D eigenvalue weighted by Gasteiger charge is 2.33. The molecule has 0 spiro atoms. The number of aromatic amines is 1. The minimum absolute atomic E-state index is 0.135. The lowest BCUT2D eigenvalue weighted by molar-refractivity contribution is -0.140. The largest absolute Gasteiger partial charge is 0.419 e. The summed E-state index contributed by atoms with van der Waals surface area (Å²) < 4.78 is 53.3. The number of aromatic nitrogens is 4. The topological polar surface area (TPSA) is 62.1 Å². The van der Waals surface area contributed by atoms with Crippen LogP contribution in [0.1, 0.15) is 24.5 Å². The van der Waals surface area contributed by atoms with Crippen LogP contribution >= 0.6 is 0 Å². The molecule has 1 aromatic carbocycles. The minimum Gasteiger partial charge on any atom is -0.356 e. The van der Waals surface area contributed by atoms with E-state index in [2.05, 4.69) is 31.9 Å². The van der Waals surface area contributed by atoms with Crippen molar-refractivity contribution in [3.8, 4) is 11.4 Å². The Morgan fingerprint density at radius 3 is 2.79 bits per heavy atom. The average molecular weight is 406 g/mol. The highest BCUT2D eigenvalue weighted by molar-refractivity contribution is 5.52. The first-order valence-corrected chi connectivity index (χ1v) is 9.08. The monoisotopic (exact) mass is 406 g/mol. The number of imidazole rings is 1. The molecule has 0 aliphatic carbocycles. The Labute approximate surface area is 163 Å². The predicted octanol–water partition coefficient (Wildman–Crippen LogP) is 2.52. The molecule has 3 heterocycles. The molecular weight excluding hydrogens is 388 g/mol. The molecule has 6 nitrogen and oxygen atoms in total. The summed E-state index contributed by atoms with van der Waals surface area (Å²) in [7, 11) is 0. The average Bonchev–Trinajstić information content (AvgIpc) is 3.27. The number of hydrogen-bond acceptors (Lipinski definition) is 4. The first-order valence-electron chi connectivity index (χ1n) is 9.08. The van der Waals surface area contributed by atoms with Crippen LogP contribution in [-0.4, -0.2) is 37.9 Å². The SMILES string of the molecule is CCCN1C=c2[nH]c(-c3cnn(Cc4ccc(C(F)(F)F)c(F)c4)c3)nc2=NC1. The standard InChI is InChI=1S/C19H18F4N6/c1-2-5-28-10-16-18(24-11-28)27-17(26-16)13-7-25-29(9-13)8-12-3-4-14(15(20)6-12)19(21,22)23/h3-4,6-7,9-10H,2,5,8,11H2,1H3,(H,24,26,27). The Kier molecular flexibility index (Phi) is 4.85. The van der Waals surface area contributed by atoms with Crippen molar-refractivity contribution in [2.45, 2.75) is 26.1 Å². The molecule has 152 valence electrons. The van der Waals surface area contributed by atoms with Gasteiger partial charge in [-0.25, -0.2) is 14.4 Å². The summed E-state index contributed by atoms with van der Waals surface area (Å²) in [5.74, 6) is -0.701. The van der Waals surface area contributed by atoms with Gasteiger partial charge in [0.2, 0.25) is 0 Å². The van der Waals surface area contributed by atoms with Crippen LogP contribution in [0.5, 0.6) is 0 Å². The number of nitrogens with one attached hydrogen (secondary N) is 1. The van der Waals surface area contributed by atoms with Crippen molar-refractivity contribution in [1.82, 2.24) is 24.6 Å². The molecule has 1 N–H and O–H groups in total. The first-order chi connectivity index (χ1) is 13.8. The van der Waals surface area contributed by atoms with Gasteiger partial charge in [0, 0.05) is 18.9 Å². The fraction of sp³-hybridized carbons (Fsp3) is 0.316. The van der Waals surface area contributed by atoms with E-state index < -0.39 is 17.6 Å². The van der Waals surface area contributed by atoms with Crippen LogP contribution in [0.25, 0.3) is 17.6 Å². The summed E-state index contributed by atoms with van der Waals surface area (Å²) in [6.45, 7) is 3.69. The van der Waals surface area contributed by atoms with Crippen LogP contribution in [0.15, 0.2) is 35.6 Å². The van der Waals surface area contributed by atoms with Gasteiger partial charge in [0.1, 0.15) is 23.7 Å². The Bertz CT molecular complexity index is 1140. The summed E-state index contributed by atoms with van der Waals surface area (Å²) >= 11 is 0. The number of nitrogens with zero attached hydrogens (tertiary/aromatic N) is 5. The van der Waals surface area contributed by atoms with Gasteiger partial charge in [0.25, 0.3) is 0 Å². The van der Waals surface area contributed by atoms with Gasteiger partial charge in [-0.2, -0.15) is 18.3 Å². The fourth-order valence-corrected chi connectivity index (χ4v) is 3.17. The number of hydrogen-bond donors (Lipinski definition) is 1. The van der Waals surface area contributed by atoms with Crippen molar-refractivity contribution in [2.24, 2.45) is 4.99 Å². The molecule has 29 heavy (non-hydrogen) atoms. The Hall–Kier alpha value is -3.17. The fourth-order valence-electron chi connectivity index (χ4n) is 3.17. The molecule has 1 aliphatic heterocycles. The molecule has 2 aromatic heterocycles. The summed E-state index contributed by atoms with van der Waals surface area (Å²) in [5.41, 5.74) is 0.436. The van der Waals surface area contributed by atoms with E-state index in [-0.39, 0.29) is 6.54 Å². The molecule has 0 saturated heterocycles. The van der Waals surface area contributed by atoms with Gasteiger partial charge in [-0.1, -0.05) is 13.0 Å². The second-order valence-electron chi connectivity index (χ2n) is 6.80. The number of alkyl halides is 3. The van der Waals surface area contributed by atoms with Gasteiger partial charge >= 0.3 is 6.18 Å². The maximum Gasteiger partial charge on any atom is 0.419 e. The molecule has 4 rings (SSSR count). The quantitative estimate of drug-likeness (QED) is 0.663. The lowest BCUT2D eigenvalue weighted by Gasteiger charge is -2.17. The summed E-state index contributed by atoms with van der Waals surface area (Å²) in [6.07, 6.45) is 1.57. The van der Waals surface area contributed by atoms with Gasteiger partial charge in [-0.05, 0) is 24.1 Å². The summed E-state index contributed by atoms with van der Waals surface area (Å²) in [4.78, 5) is 14.2. The Morgan fingerprint density at radius 1 is 1.24 bits per heavy atom. The third-order valence-corrected chi connectivity index (χ3v) is 4.53. The minimum atomic E-state index is -4.71. The van der Waals surface area contributed by atoms with Gasteiger partial charge < -0.3 is 9.88 Å². The van der Waals surface area contributed by atoms with Crippen LogP contribution in [0, 0.1) is 5.82 Å². The molecule has 3 aromatic rings. The van der Waals surface area contributed by atoms with E-state index in [0.717, 1.165) is 30.4 Å². The van der Waals surface area contributed by atoms with Crippen LogP contribution < -0.4 is 10.8 Å². The van der Waals surface area contributed by atoms with Crippen molar-refractivity contribution in [1.29, 1.82) is 0 Å². The van der Waals surface area contributed by atoms with E-state index in [4.69, 9.17) is 0 Å². The van der Waals surface area contributed by atoms with Crippen molar-refractivity contribution < 1.29 is 17.6 Å². The zero-order valence-corrected chi connectivity index (χ0v) is 15.5. The third kappa shape index (κ3) is 4.01. The second kappa shape index (κ2) is 7.34. The van der Waals surface area contributed by atoms with E-state index in [1.54, 1.807) is 12.4 Å². The van der Waals surface area contributed by atoms with E-state index in [9.17, 15) is 17.6 Å². The summed E-state index contributed by atoms with van der Waals surface area (Å²) in [5, 5.41) is 5.02. The lowest BCUT2D eigenvalue weighted by atomic mass is 10.1. The molecule has 0 amide bonds. The summed E-state index contributed by atoms with van der Waals surface area (Å²) in [6, 6.07) is 2.87. The molecule has 0 fully saturated rings. The molecule has 0 unspecified atom stereocenters. The molecular formula is C19H18F4N6. The van der Waals surface area contributed by atoms with E-state index >= 15 is 0 Å². The molecule has 0 saturated carbocycles. The molecule has 0 atom stereocenters. The van der Waals surface area contributed by atoms with Crippen molar-refractivity contribution in [3.63, 3.8) is 0 Å². The first kappa shape index (κ1) is 19.2. The zero-order valence-electron chi connectivity index (χ0n) is 15.5. The number of benzene rings is 1. The van der Waals surface area contributed by atoms with Crippen LogP contribution in [0.4, 0.5) is 17.6 Å². The van der Waals surface area contributed by atoms with Gasteiger partial charge in [0.05, 0.1) is 23.9 Å². The van der Waals surface area contributed by atoms with E-state index in [1.165, 1.54) is 10.7 Å². The van der Waals surface area contributed by atoms with Crippen LogP contribution in [-0.2, 0) is 12.7 Å². The zero-order chi connectivity index (χ0) is 20.6. The molecule has 0 bridgehead atoms. The number of halogens is 4. The van der Waals surface area contributed by atoms with Crippen LogP contribution in [0.2, 0.25) is 0 Å². The van der Waals surface area contributed by atoms with E-state index in [1.807, 2.05) is 6.20 Å². The van der Waals surface area contributed by atoms with Crippen LogP contribution in [0.3, 0.4) is 0 Å². The van der Waals surface area contributed by atoms with Gasteiger partial charge in [0.15, 0.2) is 5.49 Å². The highest BCUT2D eigenvalue weighted by atomic mass is 19.4. The van der Waals surface area contributed by atoms with E-state index in [0.29, 0.717) is 29.1 Å². The maximum absolute atomic E-state index is 13.8. The van der Waals surface area contributed by atoms with Crippen molar-refractivity contribution >= 4 is 6.20 Å². The van der Waals surface area contributed by atoms with Crippen molar-refractivity contribution in [3.05, 3.63) is 58.4 Å². The normalized spacial score (nSPS) is 13.8. The van der Waals surface area contributed by atoms with Crippen molar-refractivity contribution in [2.75, 3.05) is 13.2 Å². The molecule has 0 radical (unpaired) electrons. The Balaban J connectivity index is 1.55. The third-order valence-electron chi connectivity index (χ3n) is 4.53. The Morgan fingerprint density at radius 2 is 2.07 bits per heavy atom. The van der Waals surface area contributed by atoms with Gasteiger partial charge in [-0.15, -0.1) is 0 Å². The smallest absolute Gasteiger partial charge is 0.356 e. The number of rotatable bonds is 5. The predicted molar refractivity (Wildman–Crippen MR) is 97.4 cm³/mol. The maximum atomic E-state index is 13.8. The second-order valence-corrected chi connectivity index (χ2v) is 6.80. The number of fused-ring (bicyclic) bond motifs is 1. The number of H-pyrrole nitrogens is 1. The van der Waals surface area contributed by atoms with Gasteiger partial charge in [-0.3, -0.25) is 4.68 Å². The molecule has 10 heteroatoms. The lowest BCUT2D eigenvalue weighted by Crippen LogP contribution is -2.36. The highest BCUT2D eigenvalue weighted by Crippen LogP contribution is 2.31. The molecule has 1 aliphatic rings.